The number of halogens is 3. The van der Waals surface area contributed by atoms with Gasteiger partial charge in [0.25, 0.3) is 0 Å². The molecule has 0 spiro atoms. The molecule has 0 radical (unpaired) electrons. The predicted octanol–water partition coefficient (Wildman–Crippen LogP) is 3.70. The lowest BCUT2D eigenvalue weighted by Gasteiger charge is -2.09. The van der Waals surface area contributed by atoms with Gasteiger partial charge in [0.1, 0.15) is 5.69 Å². The molecular formula is C12H8F3NOS. The zero-order chi connectivity index (χ0) is 13.3. The van der Waals surface area contributed by atoms with Crippen LogP contribution in [0.25, 0.3) is 0 Å². The Morgan fingerprint density at radius 1 is 1.33 bits per heavy atom. The van der Waals surface area contributed by atoms with E-state index in [1.165, 1.54) is 29.8 Å². The highest BCUT2D eigenvalue weighted by atomic mass is 32.1. The standard InChI is InChI=1S/C12H8F3NOS/c1-7-4-8(12(13,14)15)2-3-9(7)11(17)10-5-18-6-16-10/h2-6H,1H3. The Bertz CT molecular complexity index is 576. The number of aryl methyl sites for hydroxylation is 1. The summed E-state index contributed by atoms with van der Waals surface area (Å²) < 4.78 is 37.4. The molecule has 2 rings (SSSR count). The van der Waals surface area contributed by atoms with E-state index in [9.17, 15) is 18.0 Å². The van der Waals surface area contributed by atoms with E-state index in [2.05, 4.69) is 4.98 Å². The molecule has 0 aliphatic rings. The lowest BCUT2D eigenvalue weighted by Crippen LogP contribution is -2.09. The average Bonchev–Trinajstić information content (AvgIpc) is 2.80. The topological polar surface area (TPSA) is 30.0 Å². The number of benzene rings is 1. The minimum Gasteiger partial charge on any atom is -0.287 e. The van der Waals surface area contributed by atoms with E-state index in [4.69, 9.17) is 0 Å². The maximum Gasteiger partial charge on any atom is 0.416 e. The first-order chi connectivity index (χ1) is 8.39. The molecule has 1 aromatic carbocycles. The highest BCUT2D eigenvalue weighted by Crippen LogP contribution is 2.30. The molecule has 1 aromatic heterocycles. The van der Waals surface area contributed by atoms with Crippen molar-refractivity contribution in [3.05, 3.63) is 51.5 Å². The van der Waals surface area contributed by atoms with Gasteiger partial charge < -0.3 is 0 Å². The first kappa shape index (κ1) is 12.8. The van der Waals surface area contributed by atoms with Crippen LogP contribution < -0.4 is 0 Å². The van der Waals surface area contributed by atoms with Gasteiger partial charge in [0.05, 0.1) is 11.1 Å². The van der Waals surface area contributed by atoms with Crippen LogP contribution in [0, 0.1) is 6.92 Å². The Hall–Kier alpha value is -1.69. The third kappa shape index (κ3) is 2.43. The maximum atomic E-state index is 12.5. The lowest BCUT2D eigenvalue weighted by atomic mass is 10.0. The molecule has 18 heavy (non-hydrogen) atoms. The fraction of sp³-hybridized carbons (Fsp3) is 0.167. The lowest BCUT2D eigenvalue weighted by molar-refractivity contribution is -0.137. The Morgan fingerprint density at radius 3 is 2.56 bits per heavy atom. The fourth-order valence-electron chi connectivity index (χ4n) is 1.56. The SMILES string of the molecule is Cc1cc(C(F)(F)F)ccc1C(=O)c1cscn1. The van der Waals surface area contributed by atoms with Crippen LogP contribution in [0.5, 0.6) is 0 Å². The van der Waals surface area contributed by atoms with Crippen LogP contribution in [0.2, 0.25) is 0 Å². The smallest absolute Gasteiger partial charge is 0.287 e. The largest absolute Gasteiger partial charge is 0.416 e. The highest BCUT2D eigenvalue weighted by molar-refractivity contribution is 7.07. The molecule has 94 valence electrons. The first-order valence-corrected chi connectivity index (χ1v) is 5.94. The Labute approximate surface area is 105 Å². The third-order valence-electron chi connectivity index (χ3n) is 2.46. The van der Waals surface area contributed by atoms with Crippen LogP contribution in [0.15, 0.2) is 29.1 Å². The summed E-state index contributed by atoms with van der Waals surface area (Å²) in [5.41, 5.74) is 1.54. The van der Waals surface area contributed by atoms with Gasteiger partial charge in [0.2, 0.25) is 5.78 Å². The number of hydrogen-bond acceptors (Lipinski definition) is 3. The van der Waals surface area contributed by atoms with Gasteiger partial charge in [0, 0.05) is 10.9 Å². The molecule has 0 aliphatic heterocycles. The van der Waals surface area contributed by atoms with Crippen molar-refractivity contribution < 1.29 is 18.0 Å². The van der Waals surface area contributed by atoms with Gasteiger partial charge in [-0.25, -0.2) is 4.98 Å². The van der Waals surface area contributed by atoms with E-state index in [1.54, 1.807) is 5.38 Å². The Morgan fingerprint density at radius 2 is 2.06 bits per heavy atom. The number of thiazole rings is 1. The number of rotatable bonds is 2. The Kier molecular flexibility index (Phi) is 3.21. The number of aromatic nitrogens is 1. The summed E-state index contributed by atoms with van der Waals surface area (Å²) in [5, 5.41) is 1.57. The highest BCUT2D eigenvalue weighted by Gasteiger charge is 2.31. The molecule has 0 amide bonds. The zero-order valence-electron chi connectivity index (χ0n) is 9.28. The minimum absolute atomic E-state index is 0.244. The van der Waals surface area contributed by atoms with Crippen LogP contribution in [0.3, 0.4) is 0 Å². The molecule has 0 saturated carbocycles. The predicted molar refractivity (Wildman–Crippen MR) is 61.7 cm³/mol. The van der Waals surface area contributed by atoms with Crippen molar-refractivity contribution in [3.63, 3.8) is 0 Å². The molecule has 6 heteroatoms. The average molecular weight is 271 g/mol. The molecule has 2 nitrogen and oxygen atoms in total. The van der Waals surface area contributed by atoms with E-state index in [0.29, 0.717) is 5.56 Å². The molecule has 0 bridgehead atoms. The van der Waals surface area contributed by atoms with Crippen LogP contribution in [0.4, 0.5) is 13.2 Å². The Balaban J connectivity index is 2.40. The van der Waals surface area contributed by atoms with Crippen molar-refractivity contribution in [1.29, 1.82) is 0 Å². The van der Waals surface area contributed by atoms with Gasteiger partial charge in [-0.3, -0.25) is 4.79 Å². The number of carbonyl (C=O) groups is 1. The summed E-state index contributed by atoms with van der Waals surface area (Å²) in [4.78, 5) is 15.8. The van der Waals surface area contributed by atoms with Crippen LogP contribution in [-0.4, -0.2) is 10.8 Å². The summed E-state index contributed by atoms with van der Waals surface area (Å²) in [6.45, 7) is 1.48. The number of carbonyl (C=O) groups excluding carboxylic acids is 1. The molecule has 0 aliphatic carbocycles. The summed E-state index contributed by atoms with van der Waals surface area (Å²) in [6, 6.07) is 3.08. The maximum absolute atomic E-state index is 12.5. The molecule has 1 heterocycles. The minimum atomic E-state index is -4.40. The molecule has 0 atom stereocenters. The van der Waals surface area contributed by atoms with E-state index in [1.807, 2.05) is 0 Å². The van der Waals surface area contributed by atoms with E-state index < -0.39 is 11.7 Å². The van der Waals surface area contributed by atoms with Crippen molar-refractivity contribution in [3.8, 4) is 0 Å². The van der Waals surface area contributed by atoms with Crippen molar-refractivity contribution >= 4 is 17.1 Å². The van der Waals surface area contributed by atoms with Gasteiger partial charge in [-0.05, 0) is 24.6 Å². The summed E-state index contributed by atoms with van der Waals surface area (Å²) >= 11 is 1.26. The number of hydrogen-bond donors (Lipinski definition) is 0. The van der Waals surface area contributed by atoms with E-state index >= 15 is 0 Å². The quantitative estimate of drug-likeness (QED) is 0.779. The summed E-state index contributed by atoms with van der Waals surface area (Å²) in [7, 11) is 0. The zero-order valence-corrected chi connectivity index (χ0v) is 10.1. The van der Waals surface area contributed by atoms with E-state index in [0.717, 1.165) is 12.1 Å². The van der Waals surface area contributed by atoms with Crippen molar-refractivity contribution in [2.45, 2.75) is 13.1 Å². The molecular weight excluding hydrogens is 263 g/mol. The number of ketones is 1. The fourth-order valence-corrected chi connectivity index (χ4v) is 2.09. The van der Waals surface area contributed by atoms with Crippen LogP contribution >= 0.6 is 11.3 Å². The van der Waals surface area contributed by atoms with Gasteiger partial charge in [-0.15, -0.1) is 11.3 Å². The second-order valence-electron chi connectivity index (χ2n) is 3.73. The number of nitrogens with zero attached hydrogens (tertiary/aromatic N) is 1. The summed E-state index contributed by atoms with van der Waals surface area (Å²) in [5.74, 6) is -0.359. The van der Waals surface area contributed by atoms with Crippen LogP contribution in [-0.2, 0) is 6.18 Å². The van der Waals surface area contributed by atoms with Crippen molar-refractivity contribution in [2.24, 2.45) is 0 Å². The molecule has 0 saturated heterocycles. The second kappa shape index (κ2) is 4.53. The number of alkyl halides is 3. The molecule has 2 aromatic rings. The van der Waals surface area contributed by atoms with Gasteiger partial charge in [-0.2, -0.15) is 13.2 Å². The first-order valence-electron chi connectivity index (χ1n) is 5.00. The normalized spacial score (nSPS) is 11.6. The van der Waals surface area contributed by atoms with Gasteiger partial charge in [-0.1, -0.05) is 6.07 Å². The summed E-state index contributed by atoms with van der Waals surface area (Å²) in [6.07, 6.45) is -4.40. The third-order valence-corrected chi connectivity index (χ3v) is 3.05. The monoisotopic (exact) mass is 271 g/mol. The van der Waals surface area contributed by atoms with Crippen LogP contribution in [0.1, 0.15) is 27.2 Å². The van der Waals surface area contributed by atoms with Crippen molar-refractivity contribution in [2.75, 3.05) is 0 Å². The van der Waals surface area contributed by atoms with E-state index in [-0.39, 0.29) is 17.0 Å². The molecule has 0 fully saturated rings. The van der Waals surface area contributed by atoms with Gasteiger partial charge >= 0.3 is 6.18 Å². The van der Waals surface area contributed by atoms with Crippen molar-refractivity contribution in [1.82, 2.24) is 4.98 Å². The second-order valence-corrected chi connectivity index (χ2v) is 4.45. The molecule has 0 N–H and O–H groups in total. The molecule has 0 unspecified atom stereocenters. The van der Waals surface area contributed by atoms with Gasteiger partial charge in [0.15, 0.2) is 0 Å².